The minimum Gasteiger partial charge on any atom is -0.370 e. The van der Waals surface area contributed by atoms with Crippen molar-refractivity contribution in [2.45, 2.75) is 37.0 Å². The van der Waals surface area contributed by atoms with E-state index in [1.807, 2.05) is 13.0 Å². The van der Waals surface area contributed by atoms with Crippen molar-refractivity contribution in [2.75, 3.05) is 12.8 Å². The maximum absolute atomic E-state index is 11.8. The van der Waals surface area contributed by atoms with Crippen LogP contribution in [-0.2, 0) is 10.8 Å². The van der Waals surface area contributed by atoms with Crippen LogP contribution in [0.5, 0.6) is 0 Å². The standard InChI is InChI=1S/C15H21Cl2N3OS.HI/c1-10(12-5-4-11(16)8-13(12)17)20-14(18)19-9-15(22(2)21)6-3-7-15;/h4-5,8,10H,3,6-7,9H2,1-2H3,(H3,18,19,20);1H. The summed E-state index contributed by atoms with van der Waals surface area (Å²) in [6.07, 6.45) is 4.75. The first-order valence-electron chi connectivity index (χ1n) is 7.19. The zero-order valence-electron chi connectivity index (χ0n) is 13.1. The van der Waals surface area contributed by atoms with Gasteiger partial charge in [0, 0.05) is 27.1 Å². The summed E-state index contributed by atoms with van der Waals surface area (Å²) in [5, 5.41) is 4.30. The van der Waals surface area contributed by atoms with Crippen LogP contribution in [0.15, 0.2) is 23.2 Å². The summed E-state index contributed by atoms with van der Waals surface area (Å²) in [6.45, 7) is 2.45. The highest BCUT2D eigenvalue weighted by molar-refractivity contribution is 14.0. The molecule has 0 amide bonds. The Morgan fingerprint density at radius 3 is 2.61 bits per heavy atom. The molecule has 1 aliphatic rings. The second-order valence-electron chi connectivity index (χ2n) is 5.72. The summed E-state index contributed by atoms with van der Waals surface area (Å²) in [7, 11) is -0.880. The predicted molar refractivity (Wildman–Crippen MR) is 111 cm³/mol. The molecule has 8 heteroatoms. The van der Waals surface area contributed by atoms with Crippen LogP contribution in [-0.4, -0.2) is 27.7 Å². The lowest BCUT2D eigenvalue weighted by atomic mass is 9.84. The summed E-state index contributed by atoms with van der Waals surface area (Å²) in [4.78, 5) is 4.37. The number of aliphatic imine (C=N–C) groups is 1. The first-order chi connectivity index (χ1) is 10.3. The summed E-state index contributed by atoms with van der Waals surface area (Å²) in [6, 6.07) is 5.27. The Morgan fingerprint density at radius 1 is 1.48 bits per heavy atom. The number of nitrogens with two attached hydrogens (primary N) is 1. The highest BCUT2D eigenvalue weighted by Gasteiger charge is 2.40. The van der Waals surface area contributed by atoms with Crippen molar-refractivity contribution in [3.63, 3.8) is 0 Å². The number of halogens is 3. The Hall–Kier alpha value is -0.0500. The molecular weight excluding hydrogens is 468 g/mol. The Morgan fingerprint density at radius 2 is 2.13 bits per heavy atom. The molecule has 0 radical (unpaired) electrons. The highest BCUT2D eigenvalue weighted by Crippen LogP contribution is 2.37. The molecule has 23 heavy (non-hydrogen) atoms. The minimum atomic E-state index is -0.880. The molecule has 1 aliphatic carbocycles. The summed E-state index contributed by atoms with van der Waals surface area (Å²) < 4.78 is 11.6. The van der Waals surface area contributed by atoms with Gasteiger partial charge in [-0.15, -0.1) is 24.0 Å². The minimum absolute atomic E-state index is 0. The number of hydrogen-bond acceptors (Lipinski definition) is 2. The second-order valence-corrected chi connectivity index (χ2v) is 8.34. The zero-order chi connectivity index (χ0) is 16.3. The molecule has 130 valence electrons. The lowest BCUT2D eigenvalue weighted by Crippen LogP contribution is -2.45. The van der Waals surface area contributed by atoms with Gasteiger partial charge in [0.05, 0.1) is 17.3 Å². The average Bonchev–Trinajstić information content (AvgIpc) is 2.36. The van der Waals surface area contributed by atoms with E-state index in [1.54, 1.807) is 18.4 Å². The van der Waals surface area contributed by atoms with Crippen LogP contribution in [0.1, 0.15) is 37.8 Å². The first-order valence-corrected chi connectivity index (χ1v) is 9.50. The monoisotopic (exact) mass is 489 g/mol. The molecule has 2 rings (SSSR count). The van der Waals surface area contributed by atoms with Crippen molar-refractivity contribution < 1.29 is 4.21 Å². The van der Waals surface area contributed by atoms with Gasteiger partial charge in [-0.1, -0.05) is 35.7 Å². The quantitative estimate of drug-likeness (QED) is 0.374. The molecule has 0 bridgehead atoms. The fourth-order valence-corrected chi connectivity index (χ4v) is 4.22. The Labute approximate surface area is 167 Å². The molecule has 0 heterocycles. The molecule has 1 aromatic carbocycles. The largest absolute Gasteiger partial charge is 0.370 e. The predicted octanol–water partition coefficient (Wildman–Crippen LogP) is 3.88. The molecular formula is C15H22Cl2IN3OS. The van der Waals surface area contributed by atoms with Crippen LogP contribution in [0.3, 0.4) is 0 Å². The number of nitrogens with zero attached hydrogens (tertiary/aromatic N) is 1. The summed E-state index contributed by atoms with van der Waals surface area (Å²) in [5.41, 5.74) is 6.85. The molecule has 2 atom stereocenters. The molecule has 4 nitrogen and oxygen atoms in total. The summed E-state index contributed by atoms with van der Waals surface area (Å²) >= 11 is 12.1. The third kappa shape index (κ3) is 5.21. The lowest BCUT2D eigenvalue weighted by molar-refractivity contribution is 0.360. The Bertz CT molecular complexity index is 608. The van der Waals surface area contributed by atoms with Gasteiger partial charge in [0.2, 0.25) is 0 Å². The van der Waals surface area contributed by atoms with E-state index in [0.717, 1.165) is 24.8 Å². The van der Waals surface area contributed by atoms with E-state index < -0.39 is 10.8 Å². The number of benzene rings is 1. The van der Waals surface area contributed by atoms with Crippen LogP contribution < -0.4 is 11.1 Å². The van der Waals surface area contributed by atoms with Gasteiger partial charge in [-0.25, -0.2) is 0 Å². The van der Waals surface area contributed by atoms with E-state index in [2.05, 4.69) is 10.3 Å². The third-order valence-corrected chi connectivity index (χ3v) is 6.52. The molecule has 0 spiro atoms. The van der Waals surface area contributed by atoms with Crippen molar-refractivity contribution >= 4 is 63.9 Å². The van der Waals surface area contributed by atoms with Crippen LogP contribution in [0.25, 0.3) is 0 Å². The normalized spacial score (nSPS) is 19.2. The van der Waals surface area contributed by atoms with Crippen molar-refractivity contribution in [3.05, 3.63) is 33.8 Å². The molecule has 0 saturated heterocycles. The Kier molecular flexibility index (Phi) is 8.10. The maximum Gasteiger partial charge on any atom is 0.189 e. The zero-order valence-corrected chi connectivity index (χ0v) is 17.8. The van der Waals surface area contributed by atoms with E-state index in [4.69, 9.17) is 28.9 Å². The fourth-order valence-electron chi connectivity index (χ4n) is 2.53. The molecule has 3 N–H and O–H groups in total. The number of hydrogen-bond donors (Lipinski definition) is 2. The SMILES string of the molecule is CC(NC(N)=NCC1(S(C)=O)CCC1)c1ccc(Cl)cc1Cl.I. The molecule has 0 aliphatic heterocycles. The lowest BCUT2D eigenvalue weighted by Gasteiger charge is -2.38. The number of rotatable bonds is 5. The van der Waals surface area contributed by atoms with Crippen molar-refractivity contribution in [1.29, 1.82) is 0 Å². The molecule has 2 unspecified atom stereocenters. The van der Waals surface area contributed by atoms with Gasteiger partial charge >= 0.3 is 0 Å². The van der Waals surface area contributed by atoms with Crippen molar-refractivity contribution in [1.82, 2.24) is 5.32 Å². The van der Waals surface area contributed by atoms with E-state index >= 15 is 0 Å². The van der Waals surface area contributed by atoms with Gasteiger partial charge in [0.1, 0.15) is 0 Å². The van der Waals surface area contributed by atoms with Gasteiger partial charge in [0.25, 0.3) is 0 Å². The first kappa shape index (κ1) is 21.0. The number of guanidine groups is 1. The molecule has 0 aromatic heterocycles. The smallest absolute Gasteiger partial charge is 0.189 e. The molecule has 1 aromatic rings. The Balaban J connectivity index is 0.00000264. The summed E-state index contributed by atoms with van der Waals surface area (Å²) in [5.74, 6) is 0.343. The van der Waals surface area contributed by atoms with Gasteiger partial charge in [0.15, 0.2) is 5.96 Å². The van der Waals surface area contributed by atoms with E-state index in [1.165, 1.54) is 0 Å². The van der Waals surface area contributed by atoms with E-state index in [-0.39, 0.29) is 34.8 Å². The second kappa shape index (κ2) is 8.87. The number of nitrogens with one attached hydrogen (secondary N) is 1. The van der Waals surface area contributed by atoms with Gasteiger partial charge in [-0.3, -0.25) is 9.20 Å². The van der Waals surface area contributed by atoms with Crippen molar-refractivity contribution in [3.8, 4) is 0 Å². The van der Waals surface area contributed by atoms with Crippen molar-refractivity contribution in [2.24, 2.45) is 10.7 Å². The van der Waals surface area contributed by atoms with Gasteiger partial charge in [-0.05, 0) is 37.5 Å². The van der Waals surface area contributed by atoms with Gasteiger partial charge < -0.3 is 11.1 Å². The highest BCUT2D eigenvalue weighted by atomic mass is 127. The van der Waals surface area contributed by atoms with E-state index in [0.29, 0.717) is 22.5 Å². The third-order valence-electron chi connectivity index (χ3n) is 4.21. The average molecular weight is 490 g/mol. The van der Waals surface area contributed by atoms with Crippen LogP contribution in [0, 0.1) is 0 Å². The van der Waals surface area contributed by atoms with Gasteiger partial charge in [-0.2, -0.15) is 0 Å². The fraction of sp³-hybridized carbons (Fsp3) is 0.533. The molecule has 1 saturated carbocycles. The van der Waals surface area contributed by atoms with Crippen LogP contribution in [0.4, 0.5) is 0 Å². The van der Waals surface area contributed by atoms with Crippen LogP contribution >= 0.6 is 47.2 Å². The maximum atomic E-state index is 11.8. The topological polar surface area (TPSA) is 67.5 Å². The molecule has 1 fully saturated rings. The van der Waals surface area contributed by atoms with Crippen LogP contribution in [0.2, 0.25) is 10.0 Å². The van der Waals surface area contributed by atoms with E-state index in [9.17, 15) is 4.21 Å².